The molecule has 0 saturated carbocycles. The van der Waals surface area contributed by atoms with E-state index in [0.29, 0.717) is 5.15 Å². The standard InChI is InChI=1S/C12H12ClN/c1-3-11-10-6-8(2)4-5-9(10)7-12(13)14-11/h4-7H,3H2,1-2H3. The second-order valence-electron chi connectivity index (χ2n) is 3.47. The van der Waals surface area contributed by atoms with E-state index in [1.807, 2.05) is 6.07 Å². The maximum absolute atomic E-state index is 5.93. The zero-order chi connectivity index (χ0) is 10.1. The number of nitrogens with zero attached hydrogens (tertiary/aromatic N) is 1. The van der Waals surface area contributed by atoms with Crippen LogP contribution in [0.2, 0.25) is 5.15 Å². The van der Waals surface area contributed by atoms with Crippen molar-refractivity contribution in [3.05, 3.63) is 40.7 Å². The zero-order valence-electron chi connectivity index (χ0n) is 8.34. The monoisotopic (exact) mass is 205 g/mol. The Morgan fingerprint density at radius 2 is 2.07 bits per heavy atom. The average molecular weight is 206 g/mol. The zero-order valence-corrected chi connectivity index (χ0v) is 9.10. The molecule has 1 heterocycles. The van der Waals surface area contributed by atoms with Crippen LogP contribution in [0.5, 0.6) is 0 Å². The lowest BCUT2D eigenvalue weighted by atomic mass is 10.1. The molecule has 0 saturated heterocycles. The number of fused-ring (bicyclic) bond motifs is 1. The van der Waals surface area contributed by atoms with Crippen molar-refractivity contribution in [3.8, 4) is 0 Å². The fourth-order valence-electron chi connectivity index (χ4n) is 1.67. The summed E-state index contributed by atoms with van der Waals surface area (Å²) in [5.41, 5.74) is 2.34. The summed E-state index contributed by atoms with van der Waals surface area (Å²) in [6.45, 7) is 4.19. The quantitative estimate of drug-likeness (QED) is 0.646. The first-order chi connectivity index (χ1) is 6.70. The molecule has 0 unspecified atom stereocenters. The van der Waals surface area contributed by atoms with E-state index in [1.54, 1.807) is 0 Å². The molecule has 14 heavy (non-hydrogen) atoms. The van der Waals surface area contributed by atoms with Gasteiger partial charge in [-0.15, -0.1) is 0 Å². The van der Waals surface area contributed by atoms with Gasteiger partial charge in [-0.2, -0.15) is 0 Å². The minimum absolute atomic E-state index is 0.582. The van der Waals surface area contributed by atoms with Gasteiger partial charge in [0.15, 0.2) is 0 Å². The highest BCUT2D eigenvalue weighted by atomic mass is 35.5. The van der Waals surface area contributed by atoms with E-state index in [1.165, 1.54) is 16.3 Å². The highest BCUT2D eigenvalue weighted by Crippen LogP contribution is 2.22. The van der Waals surface area contributed by atoms with Gasteiger partial charge in [-0.05, 0) is 30.9 Å². The van der Waals surface area contributed by atoms with E-state index in [4.69, 9.17) is 11.6 Å². The molecule has 0 radical (unpaired) electrons. The Bertz CT molecular complexity index is 477. The summed E-state index contributed by atoms with van der Waals surface area (Å²) >= 11 is 5.93. The molecule has 0 fully saturated rings. The van der Waals surface area contributed by atoms with Gasteiger partial charge in [0.05, 0.1) is 0 Å². The number of aromatic nitrogens is 1. The van der Waals surface area contributed by atoms with E-state index < -0.39 is 0 Å². The lowest BCUT2D eigenvalue weighted by molar-refractivity contribution is 1.06. The summed E-state index contributed by atoms with van der Waals surface area (Å²) in [7, 11) is 0. The molecule has 0 bridgehead atoms. The molecule has 2 heteroatoms. The van der Waals surface area contributed by atoms with E-state index in [0.717, 1.165) is 12.1 Å². The molecular formula is C12H12ClN. The number of hydrogen-bond acceptors (Lipinski definition) is 1. The summed E-state index contributed by atoms with van der Waals surface area (Å²) in [5.74, 6) is 0. The Hall–Kier alpha value is -1.08. The molecule has 0 atom stereocenters. The van der Waals surface area contributed by atoms with Crippen LogP contribution in [0.25, 0.3) is 10.8 Å². The lowest BCUT2D eigenvalue weighted by Gasteiger charge is -2.05. The van der Waals surface area contributed by atoms with Crippen LogP contribution < -0.4 is 0 Å². The fourth-order valence-corrected chi connectivity index (χ4v) is 1.88. The molecule has 1 aromatic heterocycles. The highest BCUT2D eigenvalue weighted by molar-refractivity contribution is 6.30. The van der Waals surface area contributed by atoms with Crippen molar-refractivity contribution in [2.75, 3.05) is 0 Å². The first kappa shape index (κ1) is 9.47. The molecule has 0 N–H and O–H groups in total. The van der Waals surface area contributed by atoms with Gasteiger partial charge in [0.2, 0.25) is 0 Å². The molecule has 0 aliphatic heterocycles. The van der Waals surface area contributed by atoms with Crippen molar-refractivity contribution < 1.29 is 0 Å². The third-order valence-corrected chi connectivity index (χ3v) is 2.56. The minimum Gasteiger partial charge on any atom is -0.241 e. The van der Waals surface area contributed by atoms with Crippen LogP contribution in [0.1, 0.15) is 18.2 Å². The molecule has 0 amide bonds. The van der Waals surface area contributed by atoms with Gasteiger partial charge in [-0.1, -0.05) is 36.2 Å². The van der Waals surface area contributed by atoms with Crippen molar-refractivity contribution in [2.45, 2.75) is 20.3 Å². The third kappa shape index (κ3) is 1.60. The Kier molecular flexibility index (Phi) is 2.42. The van der Waals surface area contributed by atoms with Gasteiger partial charge in [0.25, 0.3) is 0 Å². The molecule has 2 aromatic rings. The smallest absolute Gasteiger partial charge is 0.129 e. The molecule has 0 aliphatic carbocycles. The SMILES string of the molecule is CCc1nc(Cl)cc2ccc(C)cc12. The van der Waals surface area contributed by atoms with Crippen molar-refractivity contribution in [1.29, 1.82) is 0 Å². The summed E-state index contributed by atoms with van der Waals surface area (Å²) in [6.07, 6.45) is 0.917. The van der Waals surface area contributed by atoms with Crippen molar-refractivity contribution in [3.63, 3.8) is 0 Å². The number of rotatable bonds is 1. The summed E-state index contributed by atoms with van der Waals surface area (Å²) < 4.78 is 0. The van der Waals surface area contributed by atoms with Crippen molar-refractivity contribution in [2.24, 2.45) is 0 Å². The van der Waals surface area contributed by atoms with Gasteiger partial charge in [-0.25, -0.2) is 4.98 Å². The molecule has 1 nitrogen and oxygen atoms in total. The van der Waals surface area contributed by atoms with Crippen molar-refractivity contribution >= 4 is 22.4 Å². The van der Waals surface area contributed by atoms with Gasteiger partial charge in [-0.3, -0.25) is 0 Å². The summed E-state index contributed by atoms with van der Waals surface area (Å²) in [6, 6.07) is 8.27. The van der Waals surface area contributed by atoms with Crippen molar-refractivity contribution in [1.82, 2.24) is 4.98 Å². The maximum Gasteiger partial charge on any atom is 0.129 e. The van der Waals surface area contributed by atoms with E-state index in [9.17, 15) is 0 Å². The predicted molar refractivity (Wildman–Crippen MR) is 60.9 cm³/mol. The second-order valence-corrected chi connectivity index (χ2v) is 3.86. The number of pyridine rings is 1. The van der Waals surface area contributed by atoms with E-state index in [-0.39, 0.29) is 0 Å². The maximum atomic E-state index is 5.93. The van der Waals surface area contributed by atoms with Crippen LogP contribution in [-0.2, 0) is 6.42 Å². The molecule has 2 rings (SSSR count). The van der Waals surface area contributed by atoms with Gasteiger partial charge >= 0.3 is 0 Å². The Morgan fingerprint density at radius 1 is 1.29 bits per heavy atom. The fraction of sp³-hybridized carbons (Fsp3) is 0.250. The summed E-state index contributed by atoms with van der Waals surface area (Å²) in [5, 5.41) is 2.97. The van der Waals surface area contributed by atoms with Gasteiger partial charge in [0, 0.05) is 11.1 Å². The topological polar surface area (TPSA) is 12.9 Å². The number of halogens is 1. The van der Waals surface area contributed by atoms with E-state index >= 15 is 0 Å². The van der Waals surface area contributed by atoms with Gasteiger partial charge < -0.3 is 0 Å². The molecule has 72 valence electrons. The number of benzene rings is 1. The van der Waals surface area contributed by atoms with E-state index in [2.05, 4.69) is 37.0 Å². The minimum atomic E-state index is 0.582. The molecular weight excluding hydrogens is 194 g/mol. The van der Waals surface area contributed by atoms with Crippen LogP contribution >= 0.6 is 11.6 Å². The molecule has 1 aromatic carbocycles. The first-order valence-electron chi connectivity index (χ1n) is 4.76. The molecule has 0 aliphatic rings. The average Bonchev–Trinajstić information content (AvgIpc) is 2.17. The highest BCUT2D eigenvalue weighted by Gasteiger charge is 2.03. The van der Waals surface area contributed by atoms with Gasteiger partial charge in [0.1, 0.15) is 5.15 Å². The van der Waals surface area contributed by atoms with Crippen LogP contribution in [-0.4, -0.2) is 4.98 Å². The third-order valence-electron chi connectivity index (χ3n) is 2.37. The van der Waals surface area contributed by atoms with Crippen LogP contribution in [0, 0.1) is 6.92 Å². The van der Waals surface area contributed by atoms with Crippen LogP contribution in [0.3, 0.4) is 0 Å². The molecule has 0 spiro atoms. The predicted octanol–water partition coefficient (Wildman–Crippen LogP) is 3.76. The first-order valence-corrected chi connectivity index (χ1v) is 5.14. The second kappa shape index (κ2) is 3.58. The number of hydrogen-bond donors (Lipinski definition) is 0. The lowest BCUT2D eigenvalue weighted by Crippen LogP contribution is -1.90. The Morgan fingerprint density at radius 3 is 2.79 bits per heavy atom. The Labute approximate surface area is 88.7 Å². The van der Waals surface area contributed by atoms with Crippen LogP contribution in [0.4, 0.5) is 0 Å². The Balaban J connectivity index is 2.81. The number of aryl methyl sites for hydroxylation is 2. The largest absolute Gasteiger partial charge is 0.241 e. The normalized spacial score (nSPS) is 10.8. The summed E-state index contributed by atoms with van der Waals surface area (Å²) in [4.78, 5) is 4.33. The van der Waals surface area contributed by atoms with Crippen LogP contribution in [0.15, 0.2) is 24.3 Å².